The van der Waals surface area contributed by atoms with E-state index in [1.165, 1.54) is 0 Å². The summed E-state index contributed by atoms with van der Waals surface area (Å²) in [6, 6.07) is 2.69. The predicted octanol–water partition coefficient (Wildman–Crippen LogP) is 2.24. The molecule has 0 aliphatic carbocycles. The van der Waals surface area contributed by atoms with E-state index < -0.39 is 11.7 Å². The van der Waals surface area contributed by atoms with Crippen molar-refractivity contribution in [1.29, 1.82) is 0 Å². The number of carbonyl (C=O) groups excluding carboxylic acids is 1. The average Bonchev–Trinajstić information content (AvgIpc) is 2.49. The monoisotopic (exact) mass is 314 g/mol. The Balaban J connectivity index is 4.30. The second-order valence-electron chi connectivity index (χ2n) is 5.20. The van der Waals surface area contributed by atoms with Crippen molar-refractivity contribution in [2.24, 2.45) is 0 Å². The van der Waals surface area contributed by atoms with Gasteiger partial charge in [0, 0.05) is 25.7 Å². The molecule has 0 heterocycles. The molecule has 0 spiro atoms. The number of hydrogen-bond donors (Lipinski definition) is 2. The van der Waals surface area contributed by atoms with Crippen LogP contribution in [0.15, 0.2) is 0 Å². The number of alkyl carbamates (subject to hydrolysis) is 1. The van der Waals surface area contributed by atoms with Gasteiger partial charge in [0.2, 0.25) is 0 Å². The molecule has 6 heteroatoms. The third-order valence-electron chi connectivity index (χ3n) is 2.71. The fraction of sp³-hybridized carbons (Fsp3) is 0.812. The minimum absolute atomic E-state index is 0.148. The maximum Gasteiger partial charge on any atom is 0.407 e. The molecule has 0 aromatic carbocycles. The third kappa shape index (κ3) is 11.1. The van der Waals surface area contributed by atoms with Gasteiger partial charge in [0.1, 0.15) is 12.7 Å². The molecule has 0 bridgehead atoms. The van der Waals surface area contributed by atoms with Crippen LogP contribution in [0, 0.1) is 12.2 Å². The van der Waals surface area contributed by atoms with Gasteiger partial charge in [0.15, 0.2) is 5.60 Å². The predicted molar refractivity (Wildman–Crippen MR) is 86.3 cm³/mol. The first-order valence-corrected chi connectivity index (χ1v) is 7.97. The van der Waals surface area contributed by atoms with E-state index in [-0.39, 0.29) is 13.2 Å². The molecule has 1 amide bonds. The van der Waals surface area contributed by atoms with Crippen molar-refractivity contribution in [1.82, 2.24) is 10.6 Å². The van der Waals surface area contributed by atoms with E-state index in [4.69, 9.17) is 14.2 Å². The van der Waals surface area contributed by atoms with Gasteiger partial charge < -0.3 is 24.8 Å². The first-order valence-electron chi connectivity index (χ1n) is 7.97. The lowest BCUT2D eigenvalue weighted by atomic mass is 10.1. The Morgan fingerprint density at radius 1 is 1.14 bits per heavy atom. The first kappa shape index (κ1) is 20.4. The van der Waals surface area contributed by atoms with E-state index in [0.29, 0.717) is 13.2 Å². The van der Waals surface area contributed by atoms with Crippen molar-refractivity contribution in [3.8, 4) is 12.2 Å². The summed E-state index contributed by atoms with van der Waals surface area (Å²) in [4.78, 5) is 11.8. The summed E-state index contributed by atoms with van der Waals surface area (Å²) in [6.45, 7) is 10.1. The Hall–Kier alpha value is -1.61. The Labute approximate surface area is 134 Å². The molecule has 0 radical (unpaired) electrons. The molecule has 0 aliphatic heterocycles. The maximum atomic E-state index is 11.8. The highest BCUT2D eigenvalue weighted by Gasteiger charge is 2.30. The van der Waals surface area contributed by atoms with Crippen LogP contribution in [0.2, 0.25) is 0 Å². The number of unbranched alkanes of at least 4 members (excludes halogenated alkanes) is 1. The van der Waals surface area contributed by atoms with Gasteiger partial charge in [-0.05, 0) is 26.7 Å². The van der Waals surface area contributed by atoms with Crippen LogP contribution in [0.25, 0.3) is 0 Å². The fourth-order valence-corrected chi connectivity index (χ4v) is 1.49. The molecule has 0 fully saturated rings. The van der Waals surface area contributed by atoms with Gasteiger partial charge in [-0.1, -0.05) is 20.3 Å². The zero-order valence-corrected chi connectivity index (χ0v) is 14.3. The summed E-state index contributed by atoms with van der Waals surface area (Å²) in [7, 11) is 0. The maximum absolute atomic E-state index is 11.8. The van der Waals surface area contributed by atoms with Gasteiger partial charge in [0.25, 0.3) is 0 Å². The lowest BCUT2D eigenvalue weighted by molar-refractivity contribution is -0.0702. The Morgan fingerprint density at radius 3 is 2.55 bits per heavy atom. The number of hydrogen-bond acceptors (Lipinski definition) is 5. The highest BCUT2D eigenvalue weighted by molar-refractivity contribution is 5.67. The highest BCUT2D eigenvalue weighted by Crippen LogP contribution is 2.12. The van der Waals surface area contributed by atoms with Gasteiger partial charge in [-0.3, -0.25) is 0 Å². The summed E-state index contributed by atoms with van der Waals surface area (Å²) in [5.41, 5.74) is -0.869. The third-order valence-corrected chi connectivity index (χ3v) is 2.71. The van der Waals surface area contributed by atoms with E-state index >= 15 is 0 Å². The first-order chi connectivity index (χ1) is 10.6. The molecule has 22 heavy (non-hydrogen) atoms. The Kier molecular flexibility index (Phi) is 12.1. The van der Waals surface area contributed by atoms with Crippen LogP contribution in [0.1, 0.15) is 47.0 Å². The topological polar surface area (TPSA) is 68.8 Å². The number of carbonyl (C=O) groups is 1. The zero-order chi connectivity index (χ0) is 16.7. The van der Waals surface area contributed by atoms with E-state index in [1.54, 1.807) is 6.92 Å². The standard InChI is InChI=1S/C16H30N2O4/c1-5-8-10-18-15(19)22-16(4,13-20-7-3)14-21-12-11-17-9-6-2/h17H,5-10,13-14H2,1-4H3,(H,18,19). The van der Waals surface area contributed by atoms with Crippen LogP contribution >= 0.6 is 0 Å². The minimum Gasteiger partial charge on any atom is -0.441 e. The van der Waals surface area contributed by atoms with Crippen LogP contribution in [-0.4, -0.2) is 44.6 Å². The summed E-state index contributed by atoms with van der Waals surface area (Å²) in [6.07, 6.45) is 5.02. The quantitative estimate of drug-likeness (QED) is 0.348. The van der Waals surface area contributed by atoms with Gasteiger partial charge >= 0.3 is 6.09 Å². The molecular formula is C16H30N2O4. The molecule has 0 rings (SSSR count). The van der Waals surface area contributed by atoms with Crippen molar-refractivity contribution < 1.29 is 19.0 Å². The molecule has 0 saturated heterocycles. The van der Waals surface area contributed by atoms with Crippen molar-refractivity contribution >= 4 is 6.09 Å². The molecule has 2 N–H and O–H groups in total. The normalized spacial score (nSPS) is 12.5. The number of ether oxygens (including phenoxy) is 3. The largest absolute Gasteiger partial charge is 0.441 e. The lowest BCUT2D eigenvalue weighted by Gasteiger charge is -2.27. The smallest absolute Gasteiger partial charge is 0.407 e. The average molecular weight is 314 g/mol. The fourth-order valence-electron chi connectivity index (χ4n) is 1.49. The molecule has 0 saturated carbocycles. The highest BCUT2D eigenvalue weighted by atomic mass is 16.6. The van der Waals surface area contributed by atoms with E-state index in [0.717, 1.165) is 25.8 Å². The van der Waals surface area contributed by atoms with E-state index in [9.17, 15) is 4.79 Å². The van der Waals surface area contributed by atoms with Crippen molar-refractivity contribution in [3.63, 3.8) is 0 Å². The van der Waals surface area contributed by atoms with Crippen LogP contribution in [0.4, 0.5) is 4.79 Å². The Bertz CT molecular complexity index is 352. The lowest BCUT2D eigenvalue weighted by Crippen LogP contribution is -2.44. The summed E-state index contributed by atoms with van der Waals surface area (Å²) >= 11 is 0. The van der Waals surface area contributed by atoms with Gasteiger partial charge in [-0.2, -0.15) is 0 Å². The molecule has 0 aromatic rings. The SMILES string of the molecule is CCCCNC(=O)OC(C)(COC#CNCCC)COCC. The molecule has 6 nitrogen and oxygen atoms in total. The number of rotatable bonds is 11. The van der Waals surface area contributed by atoms with Crippen molar-refractivity contribution in [3.05, 3.63) is 0 Å². The van der Waals surface area contributed by atoms with E-state index in [1.807, 2.05) is 6.92 Å². The molecule has 1 atom stereocenters. The summed E-state index contributed by atoms with van der Waals surface area (Å²) in [5, 5.41) is 5.62. The zero-order valence-electron chi connectivity index (χ0n) is 14.3. The van der Waals surface area contributed by atoms with Crippen molar-refractivity contribution in [2.75, 3.05) is 32.9 Å². The van der Waals surface area contributed by atoms with Gasteiger partial charge in [-0.15, -0.1) is 0 Å². The van der Waals surface area contributed by atoms with Crippen LogP contribution in [0.5, 0.6) is 0 Å². The number of nitrogens with one attached hydrogen (secondary N) is 2. The molecule has 0 aliphatic rings. The summed E-state index contributed by atoms with van der Waals surface area (Å²) < 4.78 is 16.1. The second-order valence-corrected chi connectivity index (χ2v) is 5.20. The van der Waals surface area contributed by atoms with Gasteiger partial charge in [-0.25, -0.2) is 4.79 Å². The van der Waals surface area contributed by atoms with Gasteiger partial charge in [0.05, 0.1) is 6.61 Å². The second kappa shape index (κ2) is 13.1. The summed E-state index contributed by atoms with van der Waals surface area (Å²) in [5.74, 6) is 0. The van der Waals surface area contributed by atoms with Crippen LogP contribution < -0.4 is 10.6 Å². The van der Waals surface area contributed by atoms with Crippen molar-refractivity contribution in [2.45, 2.75) is 52.6 Å². The van der Waals surface area contributed by atoms with Crippen LogP contribution in [0.3, 0.4) is 0 Å². The molecular weight excluding hydrogens is 284 g/mol. The molecule has 0 aromatic heterocycles. The molecule has 128 valence electrons. The van der Waals surface area contributed by atoms with E-state index in [2.05, 4.69) is 36.6 Å². The van der Waals surface area contributed by atoms with Crippen LogP contribution in [-0.2, 0) is 14.2 Å². The minimum atomic E-state index is -0.869. The Morgan fingerprint density at radius 2 is 1.91 bits per heavy atom. The number of amides is 1. The molecule has 1 unspecified atom stereocenters.